The molecular formula is C24H24FN5OS. The first-order chi connectivity index (χ1) is 15.5. The second-order valence-electron chi connectivity index (χ2n) is 8.12. The number of carbonyl (C=O) groups excluding carboxylic acids is 1. The molecule has 1 aliphatic rings. The molecule has 0 N–H and O–H groups in total. The van der Waals surface area contributed by atoms with Crippen molar-refractivity contribution in [3.8, 4) is 5.69 Å². The van der Waals surface area contributed by atoms with Gasteiger partial charge in [0.05, 0.1) is 16.1 Å². The van der Waals surface area contributed by atoms with Gasteiger partial charge in [-0.2, -0.15) is 10.1 Å². The Morgan fingerprint density at radius 2 is 1.72 bits per heavy atom. The minimum absolute atomic E-state index is 0.0824. The van der Waals surface area contributed by atoms with Gasteiger partial charge in [0.25, 0.3) is 5.91 Å². The molecule has 5 rings (SSSR count). The normalized spacial score (nSPS) is 14.7. The van der Waals surface area contributed by atoms with E-state index in [0.29, 0.717) is 6.54 Å². The van der Waals surface area contributed by atoms with Crippen LogP contribution in [0.5, 0.6) is 0 Å². The smallest absolute Gasteiger partial charge is 0.253 e. The summed E-state index contributed by atoms with van der Waals surface area (Å²) in [5, 5.41) is 5.53. The maximum atomic E-state index is 13.3. The first kappa shape index (κ1) is 20.6. The van der Waals surface area contributed by atoms with Crippen LogP contribution >= 0.6 is 11.3 Å². The van der Waals surface area contributed by atoms with Crippen LogP contribution in [0.3, 0.4) is 0 Å². The minimum Gasteiger partial charge on any atom is -0.346 e. The molecule has 32 heavy (non-hydrogen) atoms. The van der Waals surface area contributed by atoms with Crippen LogP contribution in [0.1, 0.15) is 28.0 Å². The highest BCUT2D eigenvalue weighted by Gasteiger charge is 2.23. The average molecular weight is 450 g/mol. The van der Waals surface area contributed by atoms with Crippen molar-refractivity contribution >= 4 is 32.7 Å². The topological polar surface area (TPSA) is 54.3 Å². The Morgan fingerprint density at radius 1 is 0.969 bits per heavy atom. The summed E-state index contributed by atoms with van der Waals surface area (Å²) in [5.41, 5.74) is 4.35. The molecule has 0 saturated carbocycles. The van der Waals surface area contributed by atoms with Crippen molar-refractivity contribution in [3.05, 3.63) is 71.2 Å². The molecule has 164 valence electrons. The number of hydrogen-bond acceptors (Lipinski definition) is 5. The summed E-state index contributed by atoms with van der Waals surface area (Å²) >= 11 is 1.62. The van der Waals surface area contributed by atoms with Crippen LogP contribution in [0.2, 0.25) is 0 Å². The maximum Gasteiger partial charge on any atom is 0.253 e. The van der Waals surface area contributed by atoms with Crippen molar-refractivity contribution < 1.29 is 9.18 Å². The Bertz CT molecular complexity index is 1260. The van der Waals surface area contributed by atoms with E-state index in [1.165, 1.54) is 12.1 Å². The Balaban J connectivity index is 1.36. The van der Waals surface area contributed by atoms with E-state index in [2.05, 4.69) is 10.00 Å². The lowest BCUT2D eigenvalue weighted by atomic mass is 10.1. The molecule has 8 heteroatoms. The fourth-order valence-electron chi connectivity index (χ4n) is 4.01. The van der Waals surface area contributed by atoms with E-state index in [1.807, 2.05) is 43.0 Å². The van der Waals surface area contributed by atoms with Gasteiger partial charge in [0, 0.05) is 31.7 Å². The number of aromatic nitrogens is 3. The molecule has 0 aliphatic carbocycles. The first-order valence-electron chi connectivity index (χ1n) is 10.7. The molecule has 4 aromatic rings. The lowest BCUT2D eigenvalue weighted by Crippen LogP contribution is -2.35. The zero-order valence-electron chi connectivity index (χ0n) is 18.1. The summed E-state index contributed by atoms with van der Waals surface area (Å²) in [4.78, 5) is 22.0. The number of thiazole rings is 1. The van der Waals surface area contributed by atoms with Gasteiger partial charge in [0.15, 0.2) is 10.8 Å². The Kier molecular flexibility index (Phi) is 5.38. The van der Waals surface area contributed by atoms with Crippen molar-refractivity contribution in [2.24, 2.45) is 0 Å². The maximum absolute atomic E-state index is 13.3. The summed E-state index contributed by atoms with van der Waals surface area (Å²) in [6, 6.07) is 14.0. The zero-order valence-corrected chi connectivity index (χ0v) is 18.9. The van der Waals surface area contributed by atoms with Crippen molar-refractivity contribution in [2.45, 2.75) is 20.3 Å². The van der Waals surface area contributed by atoms with Gasteiger partial charge in [-0.1, -0.05) is 29.0 Å². The quantitative estimate of drug-likeness (QED) is 0.459. The SMILES string of the molecule is Cc1ccc(C(=O)N2CCCN(c3nc4c(s3)c(C)nn4-c3ccc(F)cc3)CC2)cc1. The third-order valence-electron chi connectivity index (χ3n) is 5.80. The zero-order chi connectivity index (χ0) is 22.2. The predicted molar refractivity (Wildman–Crippen MR) is 125 cm³/mol. The predicted octanol–water partition coefficient (Wildman–Crippen LogP) is 4.59. The third kappa shape index (κ3) is 3.86. The van der Waals surface area contributed by atoms with Crippen LogP contribution in [-0.2, 0) is 0 Å². The van der Waals surface area contributed by atoms with E-state index in [9.17, 15) is 9.18 Å². The molecule has 2 aromatic carbocycles. The third-order valence-corrected chi connectivity index (χ3v) is 7.01. The summed E-state index contributed by atoms with van der Waals surface area (Å²) < 4.78 is 16.1. The van der Waals surface area contributed by atoms with E-state index in [-0.39, 0.29) is 11.7 Å². The van der Waals surface area contributed by atoms with Crippen LogP contribution in [0, 0.1) is 19.7 Å². The average Bonchev–Trinajstić information content (AvgIpc) is 3.25. The Labute approximate surface area is 189 Å². The molecule has 0 bridgehead atoms. The number of rotatable bonds is 3. The minimum atomic E-state index is -0.276. The largest absolute Gasteiger partial charge is 0.346 e. The molecule has 2 aromatic heterocycles. The van der Waals surface area contributed by atoms with E-state index >= 15 is 0 Å². The number of aryl methyl sites for hydroxylation is 2. The van der Waals surface area contributed by atoms with Gasteiger partial charge >= 0.3 is 0 Å². The molecule has 3 heterocycles. The highest BCUT2D eigenvalue weighted by Crippen LogP contribution is 2.33. The van der Waals surface area contributed by atoms with Crippen LogP contribution in [0.25, 0.3) is 16.0 Å². The fourth-order valence-corrected chi connectivity index (χ4v) is 5.05. The number of anilines is 1. The monoisotopic (exact) mass is 449 g/mol. The fraction of sp³-hybridized carbons (Fsp3) is 0.292. The first-order valence-corrected chi connectivity index (χ1v) is 11.5. The van der Waals surface area contributed by atoms with E-state index in [4.69, 9.17) is 4.98 Å². The highest BCUT2D eigenvalue weighted by atomic mass is 32.1. The summed E-state index contributed by atoms with van der Waals surface area (Å²) in [6.07, 6.45) is 0.886. The number of nitrogens with zero attached hydrogens (tertiary/aromatic N) is 5. The molecule has 1 fully saturated rings. The van der Waals surface area contributed by atoms with Crippen LogP contribution < -0.4 is 4.90 Å². The molecule has 0 spiro atoms. The molecule has 1 saturated heterocycles. The Hall–Kier alpha value is -3.26. The van der Waals surface area contributed by atoms with Crippen molar-refractivity contribution in [3.63, 3.8) is 0 Å². The molecule has 6 nitrogen and oxygen atoms in total. The van der Waals surface area contributed by atoms with Gasteiger partial charge in [-0.15, -0.1) is 0 Å². The molecule has 0 radical (unpaired) electrons. The summed E-state index contributed by atoms with van der Waals surface area (Å²) in [5.74, 6) is -0.193. The van der Waals surface area contributed by atoms with Crippen molar-refractivity contribution in [2.75, 3.05) is 31.1 Å². The van der Waals surface area contributed by atoms with Crippen LogP contribution in [0.15, 0.2) is 48.5 Å². The number of fused-ring (bicyclic) bond motifs is 1. The number of benzene rings is 2. The van der Waals surface area contributed by atoms with Crippen LogP contribution in [0.4, 0.5) is 9.52 Å². The second kappa shape index (κ2) is 8.35. The van der Waals surface area contributed by atoms with E-state index in [1.54, 1.807) is 28.2 Å². The van der Waals surface area contributed by atoms with Gasteiger partial charge in [0.1, 0.15) is 5.82 Å². The molecular weight excluding hydrogens is 425 g/mol. The number of halogens is 1. The van der Waals surface area contributed by atoms with Crippen LogP contribution in [-0.4, -0.2) is 51.8 Å². The highest BCUT2D eigenvalue weighted by molar-refractivity contribution is 7.22. The van der Waals surface area contributed by atoms with Gasteiger partial charge < -0.3 is 9.80 Å². The van der Waals surface area contributed by atoms with Gasteiger partial charge in [-0.25, -0.2) is 9.07 Å². The van der Waals surface area contributed by atoms with Gasteiger partial charge in [-0.3, -0.25) is 4.79 Å². The Morgan fingerprint density at radius 3 is 2.47 bits per heavy atom. The molecule has 0 atom stereocenters. The van der Waals surface area contributed by atoms with Crippen molar-refractivity contribution in [1.29, 1.82) is 0 Å². The molecule has 0 unspecified atom stereocenters. The number of hydrogen-bond donors (Lipinski definition) is 0. The summed E-state index contributed by atoms with van der Waals surface area (Å²) in [7, 11) is 0. The summed E-state index contributed by atoms with van der Waals surface area (Å²) in [6.45, 7) is 6.96. The van der Waals surface area contributed by atoms with Gasteiger partial charge in [-0.05, 0) is 56.7 Å². The number of carbonyl (C=O) groups is 1. The second-order valence-corrected chi connectivity index (χ2v) is 9.10. The molecule has 1 amide bonds. The van der Waals surface area contributed by atoms with Crippen molar-refractivity contribution in [1.82, 2.24) is 19.7 Å². The van der Waals surface area contributed by atoms with E-state index < -0.39 is 0 Å². The van der Waals surface area contributed by atoms with E-state index in [0.717, 1.165) is 64.0 Å². The standard InChI is InChI=1S/C24H24FN5OS/c1-16-4-6-18(7-5-16)23(31)28-12-3-13-29(15-14-28)24-26-22-21(32-24)17(2)27-30(22)20-10-8-19(25)9-11-20/h4-11H,3,12-15H2,1-2H3. The lowest BCUT2D eigenvalue weighted by molar-refractivity contribution is 0.0767. The number of amides is 1. The molecule has 1 aliphatic heterocycles. The van der Waals surface area contributed by atoms with Gasteiger partial charge in [0.2, 0.25) is 0 Å². The lowest BCUT2D eigenvalue weighted by Gasteiger charge is -2.21.